The lowest BCUT2D eigenvalue weighted by Gasteiger charge is -1.94. The van der Waals surface area contributed by atoms with E-state index in [1.165, 1.54) is 0 Å². The van der Waals surface area contributed by atoms with Crippen LogP contribution in [0.2, 0.25) is 0 Å². The molecule has 48 valence electrons. The first-order valence-electron chi connectivity index (χ1n) is 2.42. The van der Waals surface area contributed by atoms with Crippen molar-refractivity contribution >= 4 is 18.2 Å². The van der Waals surface area contributed by atoms with Crippen LogP contribution in [0.25, 0.3) is 0 Å². The molecule has 8 heavy (non-hydrogen) atoms. The lowest BCUT2D eigenvalue weighted by atomic mass is 10.4. The molecule has 0 bridgehead atoms. The summed E-state index contributed by atoms with van der Waals surface area (Å²) in [5.74, 6) is 0. The van der Waals surface area contributed by atoms with E-state index in [-0.39, 0.29) is 0 Å². The van der Waals surface area contributed by atoms with Gasteiger partial charge in [0, 0.05) is 13.1 Å². The van der Waals surface area contributed by atoms with E-state index >= 15 is 0 Å². The van der Waals surface area contributed by atoms with Gasteiger partial charge in [-0.2, -0.15) is 0 Å². The first kappa shape index (κ1) is 7.72. The average molecular weight is 137 g/mol. The van der Waals surface area contributed by atoms with Crippen molar-refractivity contribution in [2.75, 3.05) is 13.1 Å². The molecule has 0 aliphatic rings. The molecule has 0 heterocycles. The first-order chi connectivity index (χ1) is 3.91. The van der Waals surface area contributed by atoms with Gasteiger partial charge in [0.15, 0.2) is 0 Å². The number of carbonyl (C=O) groups excluding carboxylic acids is 1. The van der Waals surface area contributed by atoms with E-state index in [1.807, 2.05) is 0 Å². The summed E-state index contributed by atoms with van der Waals surface area (Å²) in [6.45, 7) is 1.41. The van der Waals surface area contributed by atoms with E-state index in [1.54, 1.807) is 0 Å². The van der Waals surface area contributed by atoms with Gasteiger partial charge in [-0.1, -0.05) is 0 Å². The molecule has 0 fully saturated rings. The second kappa shape index (κ2) is 6.72. The van der Waals surface area contributed by atoms with Crippen LogP contribution in [0.1, 0.15) is 6.42 Å². The number of hydrogen-bond donors (Lipinski definition) is 2. The monoisotopic (exact) mass is 136 g/mol. The Bertz CT molecular complexity index is 60.0. The van der Waals surface area contributed by atoms with E-state index in [4.69, 9.17) is 11.8 Å². The van der Waals surface area contributed by atoms with Gasteiger partial charge in [0.2, 0.25) is 6.41 Å². The molecule has 0 aliphatic carbocycles. The van der Waals surface area contributed by atoms with Crippen molar-refractivity contribution in [2.45, 2.75) is 6.42 Å². The second-order valence-corrected chi connectivity index (χ2v) is 1.58. The van der Waals surface area contributed by atoms with Crippen molar-refractivity contribution in [3.63, 3.8) is 0 Å². The van der Waals surface area contributed by atoms with Crippen molar-refractivity contribution < 1.29 is 4.79 Å². The molecule has 0 aromatic carbocycles. The number of hydrogen-bond acceptors (Lipinski definition) is 2. The summed E-state index contributed by atoms with van der Waals surface area (Å²) in [5, 5.41) is 2.50. The third-order valence-corrected chi connectivity index (χ3v) is 0.865. The van der Waals surface area contributed by atoms with Gasteiger partial charge in [0.25, 0.3) is 0 Å². The van der Waals surface area contributed by atoms with Gasteiger partial charge in [-0.05, 0) is 18.2 Å². The van der Waals surface area contributed by atoms with Gasteiger partial charge in [-0.3, -0.25) is 4.79 Å². The molecular weight excluding hydrogens is 128 g/mol. The van der Waals surface area contributed by atoms with Crippen molar-refractivity contribution in [3.8, 4) is 0 Å². The Morgan fingerprint density at radius 3 is 2.75 bits per heavy atom. The van der Waals surface area contributed by atoms with E-state index < -0.39 is 0 Å². The number of carbonyl (C=O) groups is 1. The normalized spacial score (nSPS) is 8.62. The Hall–Kier alpha value is -0.280. The zero-order chi connectivity index (χ0) is 6.24. The zero-order valence-electron chi connectivity index (χ0n) is 4.48. The summed E-state index contributed by atoms with van der Waals surface area (Å²) in [6, 6.07) is 0. The Morgan fingerprint density at radius 1 is 1.50 bits per heavy atom. The summed E-state index contributed by atoms with van der Waals surface area (Å²) < 4.78 is 0. The fourth-order valence-corrected chi connectivity index (χ4v) is 0.450. The highest BCUT2D eigenvalue weighted by molar-refractivity contribution is 6.13. The van der Waals surface area contributed by atoms with Crippen LogP contribution in [0, 0.1) is 0 Å². The molecule has 0 radical (unpaired) electrons. The van der Waals surface area contributed by atoms with Crippen LogP contribution >= 0.6 is 11.8 Å². The van der Waals surface area contributed by atoms with Crippen LogP contribution in [0.15, 0.2) is 0 Å². The third kappa shape index (κ3) is 5.72. The minimum absolute atomic E-state index is 0.675. The summed E-state index contributed by atoms with van der Waals surface area (Å²) in [4.78, 5) is 12.0. The molecule has 0 saturated heterocycles. The molecule has 2 N–H and O–H groups in total. The predicted octanol–water partition coefficient (Wildman–Crippen LogP) is -0.134. The summed E-state index contributed by atoms with van der Waals surface area (Å²) in [5.41, 5.74) is 0. The predicted molar refractivity (Wildman–Crippen MR) is 32.5 cm³/mol. The van der Waals surface area contributed by atoms with Crippen LogP contribution in [0.5, 0.6) is 0 Å². The lowest BCUT2D eigenvalue weighted by molar-refractivity contribution is -0.109. The Balaban J connectivity index is 2.62. The topological polar surface area (TPSA) is 41.1 Å². The van der Waals surface area contributed by atoms with E-state index in [9.17, 15) is 4.79 Å². The highest BCUT2D eigenvalue weighted by Gasteiger charge is 1.80. The van der Waals surface area contributed by atoms with Gasteiger partial charge in [0.05, 0.1) is 0 Å². The smallest absolute Gasteiger partial charge is 0.207 e. The molecule has 1 amide bonds. The number of rotatable bonds is 5. The van der Waals surface area contributed by atoms with Crippen molar-refractivity contribution in [1.29, 1.82) is 0 Å². The SMILES string of the molecule is O=CNCCCNCl. The minimum Gasteiger partial charge on any atom is -0.359 e. The molecule has 0 saturated carbocycles. The molecule has 0 aliphatic heterocycles. The minimum atomic E-state index is 0.675. The van der Waals surface area contributed by atoms with E-state index in [0.29, 0.717) is 13.0 Å². The highest BCUT2D eigenvalue weighted by atomic mass is 35.5. The molecule has 4 heteroatoms. The third-order valence-electron chi connectivity index (χ3n) is 0.676. The Morgan fingerprint density at radius 2 is 2.25 bits per heavy atom. The molecule has 0 unspecified atom stereocenters. The summed E-state index contributed by atoms with van der Waals surface area (Å²) in [7, 11) is 0. The van der Waals surface area contributed by atoms with Gasteiger partial charge >= 0.3 is 0 Å². The van der Waals surface area contributed by atoms with E-state index in [0.717, 1.165) is 13.0 Å². The van der Waals surface area contributed by atoms with Crippen LogP contribution < -0.4 is 10.2 Å². The van der Waals surface area contributed by atoms with Crippen LogP contribution in [0.3, 0.4) is 0 Å². The zero-order valence-corrected chi connectivity index (χ0v) is 5.24. The van der Waals surface area contributed by atoms with Crippen LogP contribution in [0.4, 0.5) is 0 Å². The van der Waals surface area contributed by atoms with Crippen LogP contribution in [-0.4, -0.2) is 19.5 Å². The highest BCUT2D eigenvalue weighted by Crippen LogP contribution is 1.71. The second-order valence-electron chi connectivity index (χ2n) is 1.31. The maximum atomic E-state index is 9.60. The largest absolute Gasteiger partial charge is 0.359 e. The molecule has 0 atom stereocenters. The quantitative estimate of drug-likeness (QED) is 0.314. The summed E-state index contributed by atoms with van der Waals surface area (Å²) in [6.07, 6.45) is 1.54. The fourth-order valence-electron chi connectivity index (χ4n) is 0.316. The van der Waals surface area contributed by atoms with Crippen molar-refractivity contribution in [3.05, 3.63) is 0 Å². The Labute approximate surface area is 53.5 Å². The van der Waals surface area contributed by atoms with Crippen molar-refractivity contribution in [2.24, 2.45) is 0 Å². The van der Waals surface area contributed by atoms with Gasteiger partial charge < -0.3 is 5.32 Å². The molecule has 0 rings (SSSR count). The maximum Gasteiger partial charge on any atom is 0.207 e. The van der Waals surface area contributed by atoms with Gasteiger partial charge in [0.1, 0.15) is 0 Å². The number of nitrogens with one attached hydrogen (secondary N) is 2. The molecule has 0 aromatic heterocycles. The van der Waals surface area contributed by atoms with Gasteiger partial charge in [-0.15, -0.1) is 0 Å². The van der Waals surface area contributed by atoms with Crippen molar-refractivity contribution in [1.82, 2.24) is 10.2 Å². The standard InChI is InChI=1S/C4H9ClN2O/c5-7-3-1-2-6-4-8/h4,7H,1-3H2,(H,6,8). The fraction of sp³-hybridized carbons (Fsp3) is 0.750. The van der Waals surface area contributed by atoms with Gasteiger partial charge in [-0.25, -0.2) is 4.84 Å². The molecule has 0 spiro atoms. The van der Waals surface area contributed by atoms with E-state index in [2.05, 4.69) is 10.2 Å². The lowest BCUT2D eigenvalue weighted by Crippen LogP contribution is -2.15. The Kier molecular flexibility index (Phi) is 6.48. The van der Waals surface area contributed by atoms with Crippen LogP contribution in [-0.2, 0) is 4.79 Å². The number of amides is 1. The molecular formula is C4H9ClN2O. The molecule has 0 aromatic rings. The summed E-state index contributed by atoms with van der Waals surface area (Å²) >= 11 is 5.11. The number of halogens is 1. The first-order valence-corrected chi connectivity index (χ1v) is 2.80. The molecule has 3 nitrogen and oxygen atoms in total. The maximum absolute atomic E-state index is 9.60. The average Bonchev–Trinajstić information content (AvgIpc) is 1.81.